The second-order valence-electron chi connectivity index (χ2n) is 4.94. The number of nitrogen functional groups attached to an aromatic ring is 1. The largest absolute Gasteiger partial charge is 0.376 e. The number of hydrogen-bond acceptors (Lipinski definition) is 6. The fraction of sp³-hybridized carbons (Fsp3) is 0.692. The van der Waals surface area contributed by atoms with Crippen molar-refractivity contribution in [2.75, 3.05) is 30.5 Å². The van der Waals surface area contributed by atoms with Crippen molar-refractivity contribution < 1.29 is 4.74 Å². The third-order valence-electron chi connectivity index (χ3n) is 3.27. The normalized spacial score (nSPS) is 18.6. The van der Waals surface area contributed by atoms with Crippen LogP contribution in [-0.2, 0) is 11.2 Å². The number of likely N-dealkylation sites (N-methyl/N-ethyl adjacent to an activating group) is 1. The number of aryl methyl sites for hydroxylation is 1. The van der Waals surface area contributed by atoms with E-state index in [4.69, 9.17) is 10.6 Å². The molecule has 2 heterocycles. The number of rotatable bonds is 6. The van der Waals surface area contributed by atoms with Gasteiger partial charge in [-0.05, 0) is 19.3 Å². The molecule has 3 N–H and O–H groups in total. The lowest BCUT2D eigenvalue weighted by molar-refractivity contribution is 0.116. The van der Waals surface area contributed by atoms with E-state index in [1.165, 1.54) is 0 Å². The zero-order chi connectivity index (χ0) is 13.7. The molecule has 1 aliphatic heterocycles. The second-order valence-corrected chi connectivity index (χ2v) is 4.94. The molecule has 6 nitrogen and oxygen atoms in total. The summed E-state index contributed by atoms with van der Waals surface area (Å²) in [7, 11) is 2.03. The number of ether oxygens (including phenoxy) is 1. The first-order valence-corrected chi connectivity index (χ1v) is 6.90. The lowest BCUT2D eigenvalue weighted by Gasteiger charge is -2.22. The average Bonchev–Trinajstić information content (AvgIpc) is 2.91. The molecule has 0 aliphatic carbocycles. The minimum Gasteiger partial charge on any atom is -0.376 e. The van der Waals surface area contributed by atoms with Gasteiger partial charge < -0.3 is 15.1 Å². The van der Waals surface area contributed by atoms with Crippen molar-refractivity contribution in [3.63, 3.8) is 0 Å². The molecule has 1 atom stereocenters. The predicted octanol–water partition coefficient (Wildman–Crippen LogP) is 1.33. The maximum Gasteiger partial charge on any atom is 0.145 e. The van der Waals surface area contributed by atoms with Crippen LogP contribution in [-0.4, -0.2) is 36.3 Å². The SMILES string of the molecule is CCCc1nc(NN)cc(N(C)CC2CCCO2)n1. The van der Waals surface area contributed by atoms with Crippen LogP contribution in [0.1, 0.15) is 32.0 Å². The summed E-state index contributed by atoms with van der Waals surface area (Å²) < 4.78 is 5.65. The molecular formula is C13H23N5O. The third-order valence-corrected chi connectivity index (χ3v) is 3.27. The van der Waals surface area contributed by atoms with Crippen molar-refractivity contribution in [3.8, 4) is 0 Å². The minimum absolute atomic E-state index is 0.309. The molecule has 1 fully saturated rings. The van der Waals surface area contributed by atoms with Crippen LogP contribution in [0.25, 0.3) is 0 Å². The Morgan fingerprint density at radius 2 is 2.37 bits per heavy atom. The zero-order valence-electron chi connectivity index (χ0n) is 11.7. The molecule has 0 amide bonds. The third kappa shape index (κ3) is 3.78. The van der Waals surface area contributed by atoms with Crippen molar-refractivity contribution in [2.24, 2.45) is 5.84 Å². The first-order valence-electron chi connectivity index (χ1n) is 6.90. The first-order chi connectivity index (χ1) is 9.22. The van der Waals surface area contributed by atoms with Gasteiger partial charge >= 0.3 is 0 Å². The molecular weight excluding hydrogens is 242 g/mol. The standard InChI is InChI=1S/C13H23N5O/c1-3-5-11-15-12(17-14)8-13(16-11)18(2)9-10-6-4-7-19-10/h8,10H,3-7,9,14H2,1-2H3,(H,15,16,17). The summed E-state index contributed by atoms with van der Waals surface area (Å²) in [5, 5.41) is 0. The molecule has 6 heteroatoms. The molecule has 2 rings (SSSR count). The number of nitrogens with zero attached hydrogens (tertiary/aromatic N) is 3. The van der Waals surface area contributed by atoms with Crippen molar-refractivity contribution in [1.82, 2.24) is 9.97 Å². The molecule has 19 heavy (non-hydrogen) atoms. The number of hydrogen-bond donors (Lipinski definition) is 2. The smallest absolute Gasteiger partial charge is 0.145 e. The molecule has 0 saturated carbocycles. The van der Waals surface area contributed by atoms with Crippen LogP contribution in [0.4, 0.5) is 11.6 Å². The summed E-state index contributed by atoms with van der Waals surface area (Å²) >= 11 is 0. The Bertz CT molecular complexity index is 406. The monoisotopic (exact) mass is 265 g/mol. The molecule has 1 aliphatic rings. The van der Waals surface area contributed by atoms with E-state index in [1.807, 2.05) is 13.1 Å². The van der Waals surface area contributed by atoms with E-state index in [0.717, 1.165) is 50.5 Å². The fourth-order valence-corrected chi connectivity index (χ4v) is 2.28. The summed E-state index contributed by atoms with van der Waals surface area (Å²) in [6, 6.07) is 1.87. The predicted molar refractivity (Wildman–Crippen MR) is 76.1 cm³/mol. The molecule has 1 aromatic rings. The van der Waals surface area contributed by atoms with Crippen LogP contribution in [0.2, 0.25) is 0 Å². The van der Waals surface area contributed by atoms with Crippen molar-refractivity contribution in [3.05, 3.63) is 11.9 Å². The highest BCUT2D eigenvalue weighted by Gasteiger charge is 2.18. The van der Waals surface area contributed by atoms with Crippen LogP contribution in [0.5, 0.6) is 0 Å². The first kappa shape index (κ1) is 14.0. The molecule has 0 aromatic carbocycles. The molecule has 1 aromatic heterocycles. The molecule has 1 unspecified atom stereocenters. The van der Waals surface area contributed by atoms with Crippen molar-refractivity contribution in [2.45, 2.75) is 38.7 Å². The van der Waals surface area contributed by atoms with Gasteiger partial charge in [-0.15, -0.1) is 0 Å². The van der Waals surface area contributed by atoms with Gasteiger partial charge in [-0.25, -0.2) is 15.8 Å². The Morgan fingerprint density at radius 3 is 3.00 bits per heavy atom. The van der Waals surface area contributed by atoms with Gasteiger partial charge in [0, 0.05) is 32.7 Å². The Morgan fingerprint density at radius 1 is 1.53 bits per heavy atom. The average molecular weight is 265 g/mol. The fourth-order valence-electron chi connectivity index (χ4n) is 2.28. The van der Waals surface area contributed by atoms with Crippen LogP contribution in [0.15, 0.2) is 6.07 Å². The lowest BCUT2D eigenvalue weighted by Crippen LogP contribution is -2.29. The number of anilines is 2. The van der Waals surface area contributed by atoms with Gasteiger partial charge in [-0.3, -0.25) is 0 Å². The Kier molecular flexibility index (Phi) is 4.93. The Labute approximate surface area is 114 Å². The van der Waals surface area contributed by atoms with E-state index < -0.39 is 0 Å². The summed E-state index contributed by atoms with van der Waals surface area (Å²) in [4.78, 5) is 11.0. The highest BCUT2D eigenvalue weighted by Crippen LogP contribution is 2.18. The summed E-state index contributed by atoms with van der Waals surface area (Å²) in [5.41, 5.74) is 2.61. The van der Waals surface area contributed by atoms with E-state index >= 15 is 0 Å². The quantitative estimate of drug-likeness (QED) is 0.597. The van der Waals surface area contributed by atoms with Gasteiger partial charge in [-0.2, -0.15) is 0 Å². The highest BCUT2D eigenvalue weighted by molar-refractivity contribution is 5.48. The van der Waals surface area contributed by atoms with Crippen LogP contribution >= 0.6 is 0 Å². The Hall–Kier alpha value is -1.40. The van der Waals surface area contributed by atoms with Crippen molar-refractivity contribution >= 4 is 11.6 Å². The molecule has 0 spiro atoms. The summed E-state index contributed by atoms with van der Waals surface area (Å²) in [6.07, 6.45) is 4.46. The van der Waals surface area contributed by atoms with Gasteiger partial charge in [0.05, 0.1) is 6.10 Å². The van der Waals surface area contributed by atoms with E-state index in [2.05, 4.69) is 27.2 Å². The van der Waals surface area contributed by atoms with Gasteiger partial charge in [-0.1, -0.05) is 6.92 Å². The zero-order valence-corrected chi connectivity index (χ0v) is 11.7. The maximum absolute atomic E-state index is 5.65. The van der Waals surface area contributed by atoms with Crippen molar-refractivity contribution in [1.29, 1.82) is 0 Å². The van der Waals surface area contributed by atoms with Crippen LogP contribution in [0, 0.1) is 0 Å². The number of nitrogens with two attached hydrogens (primary N) is 1. The Balaban J connectivity index is 2.09. The highest BCUT2D eigenvalue weighted by atomic mass is 16.5. The van der Waals surface area contributed by atoms with E-state index in [1.54, 1.807) is 0 Å². The molecule has 106 valence electrons. The maximum atomic E-state index is 5.65. The van der Waals surface area contributed by atoms with Gasteiger partial charge in [0.25, 0.3) is 0 Å². The molecule has 0 radical (unpaired) electrons. The van der Waals surface area contributed by atoms with Crippen LogP contribution < -0.4 is 16.2 Å². The van der Waals surface area contributed by atoms with E-state index in [0.29, 0.717) is 11.9 Å². The van der Waals surface area contributed by atoms with Gasteiger partial charge in [0.1, 0.15) is 17.5 Å². The lowest BCUT2D eigenvalue weighted by atomic mass is 10.2. The molecule has 0 bridgehead atoms. The number of nitrogens with one attached hydrogen (secondary N) is 1. The number of aromatic nitrogens is 2. The van der Waals surface area contributed by atoms with Gasteiger partial charge in [0.15, 0.2) is 0 Å². The molecule has 1 saturated heterocycles. The minimum atomic E-state index is 0.309. The van der Waals surface area contributed by atoms with E-state index in [9.17, 15) is 0 Å². The van der Waals surface area contributed by atoms with Crippen LogP contribution in [0.3, 0.4) is 0 Å². The summed E-state index contributed by atoms with van der Waals surface area (Å²) in [6.45, 7) is 3.84. The summed E-state index contributed by atoms with van der Waals surface area (Å²) in [5.74, 6) is 7.84. The second kappa shape index (κ2) is 6.68. The topological polar surface area (TPSA) is 76.3 Å². The van der Waals surface area contributed by atoms with Gasteiger partial charge in [0.2, 0.25) is 0 Å². The number of hydrazine groups is 1. The van der Waals surface area contributed by atoms with E-state index in [-0.39, 0.29) is 0 Å².